The zero-order valence-electron chi connectivity index (χ0n) is 9.93. The average Bonchev–Trinajstić information content (AvgIpc) is 2.81. The lowest BCUT2D eigenvalue weighted by atomic mass is 10.1. The molecule has 0 unspecified atom stereocenters. The van der Waals surface area contributed by atoms with Gasteiger partial charge in [0.2, 0.25) is 0 Å². The predicted molar refractivity (Wildman–Crippen MR) is 63.5 cm³/mol. The topological polar surface area (TPSA) is 56.0 Å². The summed E-state index contributed by atoms with van der Waals surface area (Å²) < 4.78 is 5.35. The van der Waals surface area contributed by atoms with Crippen molar-refractivity contribution in [2.75, 3.05) is 0 Å². The van der Waals surface area contributed by atoms with Crippen molar-refractivity contribution >= 4 is 5.78 Å². The molecule has 2 aromatic rings. The van der Waals surface area contributed by atoms with Crippen LogP contribution >= 0.6 is 0 Å². The van der Waals surface area contributed by atoms with Crippen molar-refractivity contribution in [2.45, 2.75) is 26.7 Å². The van der Waals surface area contributed by atoms with Crippen LogP contribution in [0.2, 0.25) is 0 Å². The minimum Gasteiger partial charge on any atom is -0.463 e. The molecule has 0 aliphatic heterocycles. The van der Waals surface area contributed by atoms with Crippen LogP contribution in [0.4, 0.5) is 0 Å². The van der Waals surface area contributed by atoms with Gasteiger partial charge >= 0.3 is 0 Å². The van der Waals surface area contributed by atoms with E-state index in [9.17, 15) is 4.79 Å². The standard InChI is InChI=1S/C13H14N2O2/c1-3-10-8-14-12(7-9(2)16)15-13(10)11-5-4-6-17-11/h4-6,8H,3,7H2,1-2H3. The molecule has 4 nitrogen and oxygen atoms in total. The maximum atomic E-state index is 11.1. The van der Waals surface area contributed by atoms with Gasteiger partial charge < -0.3 is 4.42 Å². The molecule has 2 aromatic heterocycles. The van der Waals surface area contributed by atoms with Crippen LogP contribution in [0, 0.1) is 0 Å². The molecular formula is C13H14N2O2. The van der Waals surface area contributed by atoms with Crippen LogP contribution in [0.1, 0.15) is 25.2 Å². The predicted octanol–water partition coefficient (Wildman–Crippen LogP) is 2.43. The number of carbonyl (C=O) groups excluding carboxylic acids is 1. The van der Waals surface area contributed by atoms with Crippen LogP contribution in [0.15, 0.2) is 29.0 Å². The first kappa shape index (κ1) is 11.5. The minimum absolute atomic E-state index is 0.0552. The van der Waals surface area contributed by atoms with E-state index in [4.69, 9.17) is 4.42 Å². The van der Waals surface area contributed by atoms with Crippen LogP contribution in [0.5, 0.6) is 0 Å². The Balaban J connectivity index is 2.43. The van der Waals surface area contributed by atoms with E-state index < -0.39 is 0 Å². The summed E-state index contributed by atoms with van der Waals surface area (Å²) in [4.78, 5) is 19.6. The van der Waals surface area contributed by atoms with Crippen molar-refractivity contribution in [2.24, 2.45) is 0 Å². The summed E-state index contributed by atoms with van der Waals surface area (Å²) >= 11 is 0. The van der Waals surface area contributed by atoms with Crippen molar-refractivity contribution in [3.05, 3.63) is 36.0 Å². The Morgan fingerprint density at radius 1 is 1.47 bits per heavy atom. The van der Waals surface area contributed by atoms with Gasteiger partial charge in [0.25, 0.3) is 0 Å². The molecule has 0 saturated heterocycles. The van der Waals surface area contributed by atoms with Gasteiger partial charge in [-0.25, -0.2) is 9.97 Å². The van der Waals surface area contributed by atoms with E-state index in [-0.39, 0.29) is 12.2 Å². The van der Waals surface area contributed by atoms with Crippen LogP contribution in [0.25, 0.3) is 11.5 Å². The SMILES string of the molecule is CCc1cnc(CC(C)=O)nc1-c1ccco1. The molecule has 0 fully saturated rings. The van der Waals surface area contributed by atoms with Crippen LogP contribution in [-0.2, 0) is 17.6 Å². The third-order valence-electron chi connectivity index (χ3n) is 2.46. The minimum atomic E-state index is 0.0552. The molecule has 0 spiro atoms. The molecule has 17 heavy (non-hydrogen) atoms. The lowest BCUT2D eigenvalue weighted by molar-refractivity contribution is -0.116. The Morgan fingerprint density at radius 2 is 2.29 bits per heavy atom. The second-order valence-corrected chi connectivity index (χ2v) is 3.87. The molecule has 0 aromatic carbocycles. The second kappa shape index (κ2) is 4.91. The number of furan rings is 1. The van der Waals surface area contributed by atoms with Gasteiger partial charge in [-0.1, -0.05) is 6.92 Å². The Labute approximate surface area is 99.7 Å². The maximum Gasteiger partial charge on any atom is 0.152 e. The quantitative estimate of drug-likeness (QED) is 0.809. The van der Waals surface area contributed by atoms with E-state index in [0.717, 1.165) is 17.7 Å². The van der Waals surface area contributed by atoms with Crippen molar-refractivity contribution in [3.8, 4) is 11.5 Å². The smallest absolute Gasteiger partial charge is 0.152 e. The fourth-order valence-electron chi connectivity index (χ4n) is 1.64. The molecule has 0 atom stereocenters. The summed E-state index contributed by atoms with van der Waals surface area (Å²) in [5.74, 6) is 1.31. The van der Waals surface area contributed by atoms with E-state index in [1.165, 1.54) is 6.92 Å². The molecule has 2 rings (SSSR count). The number of ketones is 1. The first-order chi connectivity index (χ1) is 8.20. The van der Waals surface area contributed by atoms with Gasteiger partial charge in [0.1, 0.15) is 17.3 Å². The van der Waals surface area contributed by atoms with Gasteiger partial charge in [-0.05, 0) is 31.0 Å². The Morgan fingerprint density at radius 3 is 2.88 bits per heavy atom. The second-order valence-electron chi connectivity index (χ2n) is 3.87. The monoisotopic (exact) mass is 230 g/mol. The third kappa shape index (κ3) is 2.58. The number of aryl methyl sites for hydroxylation is 1. The van der Waals surface area contributed by atoms with Gasteiger partial charge in [0.05, 0.1) is 12.7 Å². The van der Waals surface area contributed by atoms with E-state index in [1.54, 1.807) is 12.5 Å². The largest absolute Gasteiger partial charge is 0.463 e. The fraction of sp³-hybridized carbons (Fsp3) is 0.308. The Bertz CT molecular complexity index is 518. The fourth-order valence-corrected chi connectivity index (χ4v) is 1.64. The Hall–Kier alpha value is -1.97. The molecule has 0 N–H and O–H groups in total. The van der Waals surface area contributed by atoms with Crippen molar-refractivity contribution in [3.63, 3.8) is 0 Å². The van der Waals surface area contributed by atoms with Gasteiger partial charge in [-0.15, -0.1) is 0 Å². The zero-order valence-corrected chi connectivity index (χ0v) is 9.93. The summed E-state index contributed by atoms with van der Waals surface area (Å²) in [5, 5.41) is 0. The number of Topliss-reactive ketones (excluding diaryl/α,β-unsaturated/α-hetero) is 1. The number of nitrogens with zero attached hydrogens (tertiary/aromatic N) is 2. The maximum absolute atomic E-state index is 11.1. The number of carbonyl (C=O) groups is 1. The highest BCUT2D eigenvalue weighted by atomic mass is 16.3. The van der Waals surface area contributed by atoms with E-state index in [2.05, 4.69) is 9.97 Å². The van der Waals surface area contributed by atoms with Gasteiger partial charge in [-0.2, -0.15) is 0 Å². The van der Waals surface area contributed by atoms with Crippen LogP contribution in [-0.4, -0.2) is 15.8 Å². The molecule has 0 saturated carbocycles. The van der Waals surface area contributed by atoms with E-state index in [0.29, 0.717) is 11.6 Å². The van der Waals surface area contributed by atoms with E-state index >= 15 is 0 Å². The van der Waals surface area contributed by atoms with Gasteiger partial charge in [-0.3, -0.25) is 4.79 Å². The molecule has 0 amide bonds. The van der Waals surface area contributed by atoms with Crippen molar-refractivity contribution in [1.29, 1.82) is 0 Å². The number of aromatic nitrogens is 2. The Kier molecular flexibility index (Phi) is 3.32. The molecule has 0 radical (unpaired) electrons. The summed E-state index contributed by atoms with van der Waals surface area (Å²) in [6.45, 7) is 3.57. The number of rotatable bonds is 4. The van der Waals surface area contributed by atoms with Crippen molar-refractivity contribution < 1.29 is 9.21 Å². The highest BCUT2D eigenvalue weighted by molar-refractivity contribution is 5.77. The molecule has 88 valence electrons. The van der Waals surface area contributed by atoms with Crippen LogP contribution in [0.3, 0.4) is 0 Å². The van der Waals surface area contributed by atoms with E-state index in [1.807, 2.05) is 19.1 Å². The molecule has 4 heteroatoms. The molecule has 2 heterocycles. The normalized spacial score (nSPS) is 10.5. The highest BCUT2D eigenvalue weighted by Gasteiger charge is 2.11. The summed E-state index contributed by atoms with van der Waals surface area (Å²) in [7, 11) is 0. The summed E-state index contributed by atoms with van der Waals surface area (Å²) in [6, 6.07) is 3.68. The molecule has 0 bridgehead atoms. The third-order valence-corrected chi connectivity index (χ3v) is 2.46. The van der Waals surface area contributed by atoms with Gasteiger partial charge in [0, 0.05) is 6.20 Å². The molecule has 0 aliphatic carbocycles. The first-order valence-corrected chi connectivity index (χ1v) is 5.58. The van der Waals surface area contributed by atoms with Crippen LogP contribution < -0.4 is 0 Å². The lowest BCUT2D eigenvalue weighted by Crippen LogP contribution is -2.05. The lowest BCUT2D eigenvalue weighted by Gasteiger charge is -2.05. The van der Waals surface area contributed by atoms with Crippen molar-refractivity contribution in [1.82, 2.24) is 9.97 Å². The highest BCUT2D eigenvalue weighted by Crippen LogP contribution is 2.22. The molecular weight excluding hydrogens is 216 g/mol. The molecule has 0 aliphatic rings. The van der Waals surface area contributed by atoms with Gasteiger partial charge in [0.15, 0.2) is 5.76 Å². The number of hydrogen-bond donors (Lipinski definition) is 0. The average molecular weight is 230 g/mol. The zero-order chi connectivity index (χ0) is 12.3. The first-order valence-electron chi connectivity index (χ1n) is 5.58. The number of hydrogen-bond acceptors (Lipinski definition) is 4. The summed E-state index contributed by atoms with van der Waals surface area (Å²) in [5.41, 5.74) is 1.80. The summed E-state index contributed by atoms with van der Waals surface area (Å²) in [6.07, 6.45) is 4.47.